The van der Waals surface area contributed by atoms with Crippen LogP contribution in [0.4, 0.5) is 13.2 Å². The van der Waals surface area contributed by atoms with Gasteiger partial charge in [0.15, 0.2) is 5.01 Å². The Morgan fingerprint density at radius 2 is 1.83 bits per heavy atom. The lowest BCUT2D eigenvalue weighted by molar-refractivity contribution is -0.137. The topological polar surface area (TPSA) is 38.9 Å². The highest BCUT2D eigenvalue weighted by Crippen LogP contribution is 2.37. The van der Waals surface area contributed by atoms with Crippen molar-refractivity contribution < 1.29 is 13.2 Å². The molecule has 2 aromatic rings. The molecule has 0 aliphatic carbocycles. The maximum absolute atomic E-state index is 12.5. The molecule has 0 fully saturated rings. The van der Waals surface area contributed by atoms with Crippen molar-refractivity contribution in [3.8, 4) is 11.3 Å². The van der Waals surface area contributed by atoms with Gasteiger partial charge in [0.25, 0.3) is 0 Å². The van der Waals surface area contributed by atoms with Crippen molar-refractivity contribution in [2.45, 2.75) is 19.6 Å². The van der Waals surface area contributed by atoms with Crippen LogP contribution in [0.15, 0.2) is 24.3 Å². The number of hydrogen-bond donors (Lipinski definition) is 1. The van der Waals surface area contributed by atoms with Crippen molar-refractivity contribution in [1.29, 1.82) is 0 Å². The number of nitrogens with two attached hydrogens (primary N) is 1. The van der Waals surface area contributed by atoms with E-state index in [0.717, 1.165) is 5.56 Å². The van der Waals surface area contributed by atoms with E-state index in [1.165, 1.54) is 0 Å². The van der Waals surface area contributed by atoms with Crippen molar-refractivity contribution in [2.75, 3.05) is 0 Å². The zero-order valence-corrected chi connectivity index (χ0v) is 10.4. The van der Waals surface area contributed by atoms with Crippen LogP contribution in [-0.4, -0.2) is 4.98 Å². The summed E-state index contributed by atoms with van der Waals surface area (Å²) in [5, 5.41) is -0.807. The lowest BCUT2D eigenvalue weighted by Gasteiger charge is -2.01. The molecule has 96 valence electrons. The molecule has 0 spiro atoms. The molecule has 1 heterocycles. The van der Waals surface area contributed by atoms with E-state index in [-0.39, 0.29) is 0 Å². The molecule has 0 saturated heterocycles. The Kier molecular flexibility index (Phi) is 3.41. The summed E-state index contributed by atoms with van der Waals surface area (Å²) in [6, 6.07) is 7.07. The molecular formula is C12H11F3N2S. The first-order valence-corrected chi connectivity index (χ1v) is 6.07. The first-order valence-electron chi connectivity index (χ1n) is 5.26. The minimum Gasteiger partial charge on any atom is -0.326 e. The van der Waals surface area contributed by atoms with Crippen LogP contribution >= 0.6 is 11.3 Å². The lowest BCUT2D eigenvalue weighted by atomic mass is 10.1. The van der Waals surface area contributed by atoms with Gasteiger partial charge in [0.2, 0.25) is 0 Å². The zero-order chi connectivity index (χ0) is 13.3. The van der Waals surface area contributed by atoms with Gasteiger partial charge in [-0.3, -0.25) is 0 Å². The standard InChI is InChI=1S/C12H11F3N2S/c1-7-10(17-11(18-7)12(13,14)15)9-4-2-8(6-16)3-5-9/h2-5H,6,16H2,1H3. The molecule has 1 aromatic carbocycles. The molecule has 0 radical (unpaired) electrons. The number of alkyl halides is 3. The fraction of sp³-hybridized carbons (Fsp3) is 0.250. The van der Waals surface area contributed by atoms with Crippen LogP contribution in [0.1, 0.15) is 15.4 Å². The largest absolute Gasteiger partial charge is 0.443 e. The molecular weight excluding hydrogens is 261 g/mol. The Hall–Kier alpha value is -1.40. The van der Waals surface area contributed by atoms with Gasteiger partial charge in [-0.15, -0.1) is 11.3 Å². The number of benzene rings is 1. The predicted octanol–water partition coefficient (Wildman–Crippen LogP) is 3.60. The van der Waals surface area contributed by atoms with Gasteiger partial charge in [-0.2, -0.15) is 13.2 Å². The van der Waals surface area contributed by atoms with Crippen LogP contribution in [0.2, 0.25) is 0 Å². The summed E-state index contributed by atoms with van der Waals surface area (Å²) in [6.45, 7) is 2.04. The molecule has 6 heteroatoms. The number of rotatable bonds is 2. The van der Waals surface area contributed by atoms with E-state index in [2.05, 4.69) is 4.98 Å². The van der Waals surface area contributed by atoms with E-state index in [9.17, 15) is 13.2 Å². The Bertz CT molecular complexity index is 543. The van der Waals surface area contributed by atoms with E-state index in [1.54, 1.807) is 31.2 Å². The normalized spacial score (nSPS) is 11.8. The van der Waals surface area contributed by atoms with Gasteiger partial charge in [-0.05, 0) is 12.5 Å². The van der Waals surface area contributed by atoms with Gasteiger partial charge in [0.1, 0.15) is 0 Å². The first-order chi connectivity index (χ1) is 8.41. The molecule has 0 aliphatic rings. The number of thiazole rings is 1. The van der Waals surface area contributed by atoms with Gasteiger partial charge in [0.05, 0.1) is 5.69 Å². The fourth-order valence-corrected chi connectivity index (χ4v) is 2.39. The molecule has 1 aromatic heterocycles. The van der Waals surface area contributed by atoms with E-state index in [0.29, 0.717) is 34.0 Å². The average Bonchev–Trinajstić information content (AvgIpc) is 2.71. The Morgan fingerprint density at radius 3 is 2.28 bits per heavy atom. The minimum atomic E-state index is -4.38. The molecule has 2 N–H and O–H groups in total. The number of halogens is 3. The molecule has 0 atom stereocenters. The molecule has 0 aliphatic heterocycles. The first kappa shape index (κ1) is 13.0. The van der Waals surface area contributed by atoms with Gasteiger partial charge in [-0.25, -0.2) is 4.98 Å². The van der Waals surface area contributed by atoms with Crippen LogP contribution in [0.25, 0.3) is 11.3 Å². The van der Waals surface area contributed by atoms with E-state index < -0.39 is 11.2 Å². The van der Waals surface area contributed by atoms with Gasteiger partial charge in [0, 0.05) is 17.0 Å². The summed E-state index contributed by atoms with van der Waals surface area (Å²) in [4.78, 5) is 4.23. The highest BCUT2D eigenvalue weighted by molar-refractivity contribution is 7.12. The molecule has 2 rings (SSSR count). The molecule has 0 unspecified atom stereocenters. The molecule has 18 heavy (non-hydrogen) atoms. The number of hydrogen-bond acceptors (Lipinski definition) is 3. The summed E-state index contributed by atoms with van der Waals surface area (Å²) < 4.78 is 37.6. The monoisotopic (exact) mass is 272 g/mol. The predicted molar refractivity (Wildman–Crippen MR) is 65.2 cm³/mol. The second-order valence-electron chi connectivity index (χ2n) is 3.82. The smallest absolute Gasteiger partial charge is 0.326 e. The number of aromatic nitrogens is 1. The number of aryl methyl sites for hydroxylation is 1. The van der Waals surface area contributed by atoms with Crippen LogP contribution < -0.4 is 5.73 Å². The van der Waals surface area contributed by atoms with Gasteiger partial charge >= 0.3 is 6.18 Å². The Balaban J connectivity index is 2.41. The number of nitrogens with zero attached hydrogens (tertiary/aromatic N) is 1. The van der Waals surface area contributed by atoms with Crippen molar-refractivity contribution in [2.24, 2.45) is 5.73 Å². The summed E-state index contributed by atoms with van der Waals surface area (Å²) >= 11 is 0.665. The Labute approximate surface area is 106 Å². The van der Waals surface area contributed by atoms with Crippen LogP contribution in [0, 0.1) is 6.92 Å². The highest BCUT2D eigenvalue weighted by Gasteiger charge is 2.35. The quantitative estimate of drug-likeness (QED) is 0.907. The molecule has 0 amide bonds. The Morgan fingerprint density at radius 1 is 1.22 bits per heavy atom. The third-order valence-electron chi connectivity index (χ3n) is 2.50. The van der Waals surface area contributed by atoms with Crippen LogP contribution in [-0.2, 0) is 12.7 Å². The summed E-state index contributed by atoms with van der Waals surface area (Å²) in [7, 11) is 0. The van der Waals surface area contributed by atoms with E-state index in [4.69, 9.17) is 5.73 Å². The highest BCUT2D eigenvalue weighted by atomic mass is 32.1. The van der Waals surface area contributed by atoms with Gasteiger partial charge < -0.3 is 5.73 Å². The maximum atomic E-state index is 12.5. The van der Waals surface area contributed by atoms with Crippen molar-refractivity contribution in [3.63, 3.8) is 0 Å². The van der Waals surface area contributed by atoms with Crippen molar-refractivity contribution >= 4 is 11.3 Å². The van der Waals surface area contributed by atoms with E-state index in [1.807, 2.05) is 0 Å². The van der Waals surface area contributed by atoms with Crippen LogP contribution in [0.3, 0.4) is 0 Å². The van der Waals surface area contributed by atoms with Crippen molar-refractivity contribution in [1.82, 2.24) is 4.98 Å². The SMILES string of the molecule is Cc1sc(C(F)(F)F)nc1-c1ccc(CN)cc1. The summed E-state index contributed by atoms with van der Waals surface area (Å²) in [5.41, 5.74) is 7.46. The maximum Gasteiger partial charge on any atom is 0.443 e. The molecule has 0 saturated carbocycles. The average molecular weight is 272 g/mol. The van der Waals surface area contributed by atoms with Crippen LogP contribution in [0.5, 0.6) is 0 Å². The third-order valence-corrected chi connectivity index (χ3v) is 3.52. The summed E-state index contributed by atoms with van der Waals surface area (Å²) in [6.07, 6.45) is -4.38. The fourth-order valence-electron chi connectivity index (χ4n) is 1.58. The third kappa shape index (κ3) is 2.54. The lowest BCUT2D eigenvalue weighted by Crippen LogP contribution is -2.03. The minimum absolute atomic E-state index is 0.385. The second kappa shape index (κ2) is 4.70. The molecule has 2 nitrogen and oxygen atoms in total. The van der Waals surface area contributed by atoms with Crippen molar-refractivity contribution in [3.05, 3.63) is 39.7 Å². The zero-order valence-electron chi connectivity index (χ0n) is 9.58. The van der Waals surface area contributed by atoms with E-state index >= 15 is 0 Å². The second-order valence-corrected chi connectivity index (χ2v) is 5.03. The molecule has 0 bridgehead atoms. The van der Waals surface area contributed by atoms with Gasteiger partial charge in [-0.1, -0.05) is 24.3 Å². The summed E-state index contributed by atoms with van der Waals surface area (Å²) in [5.74, 6) is 0.